The average Bonchev–Trinajstić information content (AvgIpc) is 3.36. The van der Waals surface area contributed by atoms with Crippen LogP contribution in [0.1, 0.15) is 24.3 Å². The van der Waals surface area contributed by atoms with Crippen molar-refractivity contribution in [1.29, 1.82) is 0 Å². The molecule has 0 N–H and O–H groups in total. The summed E-state index contributed by atoms with van der Waals surface area (Å²) < 4.78 is 6.07. The molecule has 7 nitrogen and oxygen atoms in total. The molecule has 2 aromatic heterocycles. The van der Waals surface area contributed by atoms with Gasteiger partial charge in [-0.15, -0.1) is 10.2 Å². The van der Waals surface area contributed by atoms with E-state index in [4.69, 9.17) is 4.42 Å². The van der Waals surface area contributed by atoms with Crippen molar-refractivity contribution in [3.05, 3.63) is 60.2 Å². The summed E-state index contributed by atoms with van der Waals surface area (Å²) in [7, 11) is 3.98. The van der Waals surface area contributed by atoms with E-state index in [0.29, 0.717) is 18.3 Å². The van der Waals surface area contributed by atoms with E-state index >= 15 is 0 Å². The Balaban J connectivity index is 1.85. The zero-order valence-corrected chi connectivity index (χ0v) is 15.4. The second kappa shape index (κ2) is 6.83. The molecule has 138 valence electrons. The predicted molar refractivity (Wildman–Crippen MR) is 101 cm³/mol. The summed E-state index contributed by atoms with van der Waals surface area (Å²) in [5, 5.41) is 8.56. The van der Waals surface area contributed by atoms with Crippen LogP contribution in [-0.4, -0.2) is 47.1 Å². The van der Waals surface area contributed by atoms with E-state index in [0.717, 1.165) is 36.1 Å². The summed E-state index contributed by atoms with van der Waals surface area (Å²) in [5.41, 5.74) is 2.03. The van der Waals surface area contributed by atoms with Crippen molar-refractivity contribution in [2.75, 3.05) is 25.5 Å². The lowest BCUT2D eigenvalue weighted by Gasteiger charge is -2.34. The number of pyridine rings is 1. The number of benzene rings is 1. The van der Waals surface area contributed by atoms with Crippen LogP contribution in [0.5, 0.6) is 0 Å². The van der Waals surface area contributed by atoms with Crippen LogP contribution in [0.15, 0.2) is 53.2 Å². The highest BCUT2D eigenvalue weighted by Crippen LogP contribution is 2.44. The van der Waals surface area contributed by atoms with E-state index in [2.05, 4.69) is 21.2 Å². The molecule has 3 heterocycles. The molecule has 1 aliphatic heterocycles. The van der Waals surface area contributed by atoms with Gasteiger partial charge in [0.25, 0.3) is 0 Å². The van der Waals surface area contributed by atoms with Crippen LogP contribution < -0.4 is 4.90 Å². The van der Waals surface area contributed by atoms with Gasteiger partial charge in [0.2, 0.25) is 18.2 Å². The molecule has 0 aliphatic carbocycles. The van der Waals surface area contributed by atoms with Gasteiger partial charge in [0.05, 0.1) is 5.56 Å². The average molecular weight is 363 g/mol. The summed E-state index contributed by atoms with van der Waals surface area (Å²) >= 11 is 0. The van der Waals surface area contributed by atoms with Crippen LogP contribution >= 0.6 is 0 Å². The van der Waals surface area contributed by atoms with Crippen molar-refractivity contribution in [3.8, 4) is 11.5 Å². The van der Waals surface area contributed by atoms with Gasteiger partial charge in [-0.1, -0.05) is 12.1 Å². The van der Waals surface area contributed by atoms with E-state index in [9.17, 15) is 4.79 Å². The number of hydrogen-bond donors (Lipinski definition) is 0. The number of aromatic nitrogens is 3. The quantitative estimate of drug-likeness (QED) is 0.649. The van der Waals surface area contributed by atoms with Crippen molar-refractivity contribution < 1.29 is 9.21 Å². The standard InChI is InChI=1S/C20H21N5O2/c1-24(2)17-8-3-7-16(12-17)20(9-5-11-25(20)14-26)19-23-22-18(27-19)15-6-4-10-21-13-15/h3-4,6-8,10,12-14H,5,9,11H2,1-2H3. The minimum absolute atomic E-state index is 0.402. The van der Waals surface area contributed by atoms with Gasteiger partial charge >= 0.3 is 0 Å². The van der Waals surface area contributed by atoms with E-state index < -0.39 is 5.54 Å². The Kier molecular flexibility index (Phi) is 4.35. The third-order valence-corrected chi connectivity index (χ3v) is 5.08. The zero-order chi connectivity index (χ0) is 18.9. The lowest BCUT2D eigenvalue weighted by Crippen LogP contribution is -2.41. The maximum Gasteiger partial charge on any atom is 0.249 e. The second-order valence-electron chi connectivity index (χ2n) is 6.86. The van der Waals surface area contributed by atoms with Crippen molar-refractivity contribution >= 4 is 12.1 Å². The first-order chi connectivity index (χ1) is 13.1. The molecule has 1 unspecified atom stereocenters. The molecular weight excluding hydrogens is 342 g/mol. The maximum atomic E-state index is 11.9. The second-order valence-corrected chi connectivity index (χ2v) is 6.86. The molecule has 1 aromatic carbocycles. The lowest BCUT2D eigenvalue weighted by molar-refractivity contribution is -0.121. The lowest BCUT2D eigenvalue weighted by atomic mass is 9.86. The number of carbonyl (C=O) groups is 1. The molecule has 1 amide bonds. The minimum atomic E-state index is -0.749. The molecule has 3 aromatic rings. The fraction of sp³-hybridized carbons (Fsp3) is 0.300. The summed E-state index contributed by atoms with van der Waals surface area (Å²) in [4.78, 5) is 19.8. The maximum absolute atomic E-state index is 11.9. The van der Waals surface area contributed by atoms with E-state index in [1.54, 1.807) is 17.3 Å². The molecule has 0 spiro atoms. The van der Waals surface area contributed by atoms with Crippen molar-refractivity contribution in [2.45, 2.75) is 18.4 Å². The number of anilines is 1. The van der Waals surface area contributed by atoms with E-state index in [1.807, 2.05) is 49.3 Å². The fourth-order valence-electron chi connectivity index (χ4n) is 3.68. The molecule has 0 bridgehead atoms. The van der Waals surface area contributed by atoms with Gasteiger partial charge in [-0.25, -0.2) is 0 Å². The number of rotatable bonds is 5. The Labute approximate surface area is 157 Å². The Morgan fingerprint density at radius 2 is 2.11 bits per heavy atom. The highest BCUT2D eigenvalue weighted by atomic mass is 16.4. The monoisotopic (exact) mass is 363 g/mol. The zero-order valence-electron chi connectivity index (χ0n) is 15.4. The molecule has 1 atom stereocenters. The van der Waals surface area contributed by atoms with Crippen LogP contribution in [0.3, 0.4) is 0 Å². The molecule has 1 saturated heterocycles. The van der Waals surface area contributed by atoms with Crippen LogP contribution in [0.4, 0.5) is 5.69 Å². The highest BCUT2D eigenvalue weighted by Gasteiger charge is 2.48. The Morgan fingerprint density at radius 3 is 2.85 bits per heavy atom. The number of likely N-dealkylation sites (tertiary alicyclic amines) is 1. The summed E-state index contributed by atoms with van der Waals surface area (Å²) in [6.07, 6.45) is 5.86. The Bertz CT molecular complexity index is 940. The SMILES string of the molecule is CN(C)c1cccc(C2(c3nnc(-c4cccnc4)o3)CCCN2C=O)c1. The smallest absolute Gasteiger partial charge is 0.249 e. The van der Waals surface area contributed by atoms with Gasteiger partial charge in [0.1, 0.15) is 5.54 Å². The normalized spacial score (nSPS) is 19.3. The number of hydrogen-bond acceptors (Lipinski definition) is 6. The minimum Gasteiger partial charge on any atom is -0.418 e. The molecule has 0 saturated carbocycles. The summed E-state index contributed by atoms with van der Waals surface area (Å²) in [6, 6.07) is 11.8. The van der Waals surface area contributed by atoms with Crippen LogP contribution in [0.25, 0.3) is 11.5 Å². The van der Waals surface area contributed by atoms with Crippen molar-refractivity contribution in [3.63, 3.8) is 0 Å². The molecule has 1 aliphatic rings. The Hall–Kier alpha value is -3.22. The third-order valence-electron chi connectivity index (χ3n) is 5.08. The van der Waals surface area contributed by atoms with Crippen LogP contribution in [0.2, 0.25) is 0 Å². The van der Waals surface area contributed by atoms with Gasteiger partial charge in [-0.2, -0.15) is 0 Å². The fourth-order valence-corrected chi connectivity index (χ4v) is 3.68. The first-order valence-corrected chi connectivity index (χ1v) is 8.89. The largest absolute Gasteiger partial charge is 0.418 e. The first kappa shape index (κ1) is 17.2. The molecule has 4 rings (SSSR count). The van der Waals surface area contributed by atoms with Gasteiger partial charge in [0, 0.05) is 38.7 Å². The third kappa shape index (κ3) is 2.85. The van der Waals surface area contributed by atoms with Gasteiger partial charge < -0.3 is 14.2 Å². The molecule has 27 heavy (non-hydrogen) atoms. The highest BCUT2D eigenvalue weighted by molar-refractivity contribution is 5.57. The molecule has 1 fully saturated rings. The van der Waals surface area contributed by atoms with Gasteiger partial charge in [-0.3, -0.25) is 9.78 Å². The van der Waals surface area contributed by atoms with Crippen molar-refractivity contribution in [2.24, 2.45) is 0 Å². The summed E-state index contributed by atoms with van der Waals surface area (Å²) in [5.74, 6) is 0.834. The van der Waals surface area contributed by atoms with E-state index in [1.165, 1.54) is 0 Å². The molecular formula is C20H21N5O2. The number of nitrogens with zero attached hydrogens (tertiary/aromatic N) is 5. The summed E-state index contributed by atoms with van der Waals surface area (Å²) in [6.45, 7) is 0.653. The molecule has 7 heteroatoms. The van der Waals surface area contributed by atoms with Gasteiger partial charge in [-0.05, 0) is 42.7 Å². The molecule has 0 radical (unpaired) electrons. The predicted octanol–water partition coefficient (Wildman–Crippen LogP) is 2.69. The topological polar surface area (TPSA) is 75.4 Å². The Morgan fingerprint density at radius 1 is 1.22 bits per heavy atom. The van der Waals surface area contributed by atoms with Crippen LogP contribution in [0, 0.1) is 0 Å². The first-order valence-electron chi connectivity index (χ1n) is 8.89. The van der Waals surface area contributed by atoms with Crippen molar-refractivity contribution in [1.82, 2.24) is 20.1 Å². The number of amides is 1. The van der Waals surface area contributed by atoms with Crippen LogP contribution in [-0.2, 0) is 10.3 Å². The van der Waals surface area contributed by atoms with Gasteiger partial charge in [0.15, 0.2) is 0 Å². The number of carbonyl (C=O) groups excluding carboxylic acids is 1. The van der Waals surface area contributed by atoms with E-state index in [-0.39, 0.29) is 0 Å².